The molecule has 302 valence electrons. The lowest BCUT2D eigenvalue weighted by Gasteiger charge is -2.27. The standard InChI is InChI=1S/C59H40N4O/c1-3-12-37(13-4-1)43-26-29-48-49-30-27-44(38-14-5-2-6-15-38)35-53(49)63(52(48)34-43)47-28-31-50-55(36-47)64-54-21-11-20-51(56(50)54)59-61-57(45-24-22-39-16-7-9-18-41(39)32-45)60-58(62-59)46-25-23-40-17-8-10-19-42(40)33-46/h1-30,32-35,50,55H,31,36H2. The summed E-state index contributed by atoms with van der Waals surface area (Å²) in [4.78, 5) is 15.7. The molecule has 0 saturated heterocycles. The Morgan fingerprint density at radius 3 is 1.52 bits per heavy atom. The van der Waals surface area contributed by atoms with Gasteiger partial charge in [0.2, 0.25) is 0 Å². The van der Waals surface area contributed by atoms with Crippen LogP contribution in [0.1, 0.15) is 24.3 Å². The van der Waals surface area contributed by atoms with Gasteiger partial charge in [-0.15, -0.1) is 0 Å². The molecule has 0 N–H and O–H groups in total. The van der Waals surface area contributed by atoms with Gasteiger partial charge in [0.1, 0.15) is 11.9 Å². The number of benzene rings is 9. The second-order valence-electron chi connectivity index (χ2n) is 17.1. The molecule has 5 nitrogen and oxygen atoms in total. The molecule has 1 aliphatic carbocycles. The zero-order chi connectivity index (χ0) is 42.1. The van der Waals surface area contributed by atoms with Crippen molar-refractivity contribution in [3.05, 3.63) is 212 Å². The molecule has 2 atom stereocenters. The topological polar surface area (TPSA) is 52.8 Å². The van der Waals surface area contributed by atoms with E-state index in [-0.39, 0.29) is 12.0 Å². The molecule has 0 amide bonds. The SMILES string of the molecule is C1=C(n2c3cc(-c4ccccc4)ccc3c3ccc(-c4ccccc4)cc32)CC2Oc3cccc(-c4nc(-c5ccc6ccccc6c5)nc(-c5ccc6ccccc6c5)n4)c3C2C1. The van der Waals surface area contributed by atoms with Crippen LogP contribution < -0.4 is 4.74 Å². The smallest absolute Gasteiger partial charge is 0.164 e. The molecule has 0 bridgehead atoms. The monoisotopic (exact) mass is 820 g/mol. The summed E-state index contributed by atoms with van der Waals surface area (Å²) >= 11 is 0. The van der Waals surface area contributed by atoms with Gasteiger partial charge in [-0.3, -0.25) is 0 Å². The minimum atomic E-state index is -0.0555. The summed E-state index contributed by atoms with van der Waals surface area (Å²) in [6.45, 7) is 0. The maximum Gasteiger partial charge on any atom is 0.164 e. The molecular weight excluding hydrogens is 781 g/mol. The highest BCUT2D eigenvalue weighted by atomic mass is 16.5. The first-order valence-corrected chi connectivity index (χ1v) is 22.1. The number of fused-ring (bicyclic) bond motifs is 8. The first kappa shape index (κ1) is 36.5. The van der Waals surface area contributed by atoms with Crippen molar-refractivity contribution in [1.82, 2.24) is 19.5 Å². The molecule has 64 heavy (non-hydrogen) atoms. The Balaban J connectivity index is 0.938. The first-order chi connectivity index (χ1) is 31.7. The van der Waals surface area contributed by atoms with Crippen molar-refractivity contribution in [3.8, 4) is 62.2 Å². The van der Waals surface area contributed by atoms with Crippen LogP contribution in [0, 0.1) is 0 Å². The molecule has 13 rings (SSSR count). The molecule has 0 radical (unpaired) electrons. The summed E-state index contributed by atoms with van der Waals surface area (Å²) in [5, 5.41) is 7.14. The highest BCUT2D eigenvalue weighted by Crippen LogP contribution is 2.51. The molecule has 0 saturated carbocycles. The van der Waals surface area contributed by atoms with Crippen LogP contribution in [0.3, 0.4) is 0 Å². The van der Waals surface area contributed by atoms with Crippen molar-refractivity contribution in [2.45, 2.75) is 24.9 Å². The Morgan fingerprint density at radius 2 is 0.938 bits per heavy atom. The van der Waals surface area contributed by atoms with Gasteiger partial charge in [-0.05, 0) is 80.6 Å². The lowest BCUT2D eigenvalue weighted by Crippen LogP contribution is -2.24. The van der Waals surface area contributed by atoms with Crippen LogP contribution in [0.4, 0.5) is 0 Å². The largest absolute Gasteiger partial charge is 0.489 e. The zero-order valence-corrected chi connectivity index (χ0v) is 34.9. The van der Waals surface area contributed by atoms with Gasteiger partial charge in [0.15, 0.2) is 17.5 Å². The quantitative estimate of drug-likeness (QED) is 0.168. The fourth-order valence-corrected chi connectivity index (χ4v) is 10.2. The van der Waals surface area contributed by atoms with E-state index < -0.39 is 0 Å². The minimum Gasteiger partial charge on any atom is -0.489 e. The third-order valence-electron chi connectivity index (χ3n) is 13.3. The summed E-state index contributed by atoms with van der Waals surface area (Å²) in [6.07, 6.45) is 3.97. The van der Waals surface area contributed by atoms with Crippen LogP contribution in [-0.2, 0) is 0 Å². The van der Waals surface area contributed by atoms with E-state index in [1.54, 1.807) is 0 Å². The Labute approximate surface area is 370 Å². The second-order valence-corrected chi connectivity index (χ2v) is 17.1. The molecule has 3 heterocycles. The van der Waals surface area contributed by atoms with Gasteiger partial charge in [-0.2, -0.15) is 0 Å². The van der Waals surface area contributed by atoms with Gasteiger partial charge >= 0.3 is 0 Å². The van der Waals surface area contributed by atoms with E-state index in [0.29, 0.717) is 17.5 Å². The number of aromatic nitrogens is 4. The Bertz CT molecular complexity index is 3470. The summed E-state index contributed by atoms with van der Waals surface area (Å²) in [7, 11) is 0. The van der Waals surface area contributed by atoms with E-state index in [1.165, 1.54) is 66.1 Å². The Hall–Kier alpha value is -8.15. The number of hydrogen-bond acceptors (Lipinski definition) is 4. The molecular formula is C59H40N4O. The predicted octanol–water partition coefficient (Wildman–Crippen LogP) is 14.8. The van der Waals surface area contributed by atoms with Crippen molar-refractivity contribution in [3.63, 3.8) is 0 Å². The number of rotatable bonds is 6. The molecule has 0 fully saturated rings. The average molecular weight is 821 g/mol. The summed E-state index contributed by atoms with van der Waals surface area (Å²) in [5.74, 6) is 2.99. The normalized spacial score (nSPS) is 15.6. The van der Waals surface area contributed by atoms with E-state index in [1.807, 2.05) is 0 Å². The van der Waals surface area contributed by atoms with Crippen molar-refractivity contribution in [2.75, 3.05) is 0 Å². The van der Waals surface area contributed by atoms with Crippen LogP contribution in [0.25, 0.3) is 105 Å². The molecule has 11 aromatic rings. The fourth-order valence-electron chi connectivity index (χ4n) is 10.2. The lowest BCUT2D eigenvalue weighted by molar-refractivity contribution is 0.205. The van der Waals surface area contributed by atoms with Crippen LogP contribution in [-0.4, -0.2) is 25.6 Å². The van der Waals surface area contributed by atoms with E-state index in [4.69, 9.17) is 19.7 Å². The maximum absolute atomic E-state index is 7.01. The van der Waals surface area contributed by atoms with E-state index in [9.17, 15) is 0 Å². The Morgan fingerprint density at radius 1 is 0.422 bits per heavy atom. The molecule has 0 spiro atoms. The van der Waals surface area contributed by atoms with Gasteiger partial charge < -0.3 is 9.30 Å². The van der Waals surface area contributed by atoms with Gasteiger partial charge in [0, 0.05) is 51.1 Å². The van der Waals surface area contributed by atoms with E-state index >= 15 is 0 Å². The van der Waals surface area contributed by atoms with Gasteiger partial charge in [0.05, 0.1) is 11.0 Å². The van der Waals surface area contributed by atoms with Gasteiger partial charge in [0.25, 0.3) is 0 Å². The Kier molecular flexibility index (Phi) is 8.41. The molecule has 9 aromatic carbocycles. The summed E-state index contributed by atoms with van der Waals surface area (Å²) in [5.41, 5.74) is 12.5. The van der Waals surface area contributed by atoms with Crippen LogP contribution in [0.15, 0.2) is 206 Å². The highest BCUT2D eigenvalue weighted by Gasteiger charge is 2.40. The van der Waals surface area contributed by atoms with E-state index in [0.717, 1.165) is 46.1 Å². The molecule has 2 aliphatic rings. The predicted molar refractivity (Wildman–Crippen MR) is 262 cm³/mol. The fraction of sp³-hybridized carbons (Fsp3) is 0.0678. The molecule has 5 heteroatoms. The van der Waals surface area contributed by atoms with E-state index in [2.05, 4.69) is 211 Å². The number of nitrogens with zero attached hydrogens (tertiary/aromatic N) is 4. The molecule has 2 aromatic heterocycles. The minimum absolute atomic E-state index is 0.0555. The van der Waals surface area contributed by atoms with Crippen LogP contribution in [0.2, 0.25) is 0 Å². The summed E-state index contributed by atoms with van der Waals surface area (Å²) in [6, 6.07) is 71.3. The lowest BCUT2D eigenvalue weighted by atomic mass is 9.83. The van der Waals surface area contributed by atoms with Crippen molar-refractivity contribution in [1.29, 1.82) is 0 Å². The third kappa shape index (κ3) is 6.11. The van der Waals surface area contributed by atoms with Crippen molar-refractivity contribution in [2.24, 2.45) is 0 Å². The first-order valence-electron chi connectivity index (χ1n) is 22.1. The maximum atomic E-state index is 7.01. The third-order valence-corrected chi connectivity index (χ3v) is 13.3. The highest BCUT2D eigenvalue weighted by molar-refractivity contribution is 6.12. The van der Waals surface area contributed by atoms with Crippen molar-refractivity contribution >= 4 is 49.0 Å². The number of ether oxygens (including phenoxy) is 1. The molecule has 2 unspecified atom stereocenters. The summed E-state index contributed by atoms with van der Waals surface area (Å²) < 4.78 is 9.52. The van der Waals surface area contributed by atoms with Crippen LogP contribution >= 0.6 is 0 Å². The van der Waals surface area contributed by atoms with Gasteiger partial charge in [-0.25, -0.2) is 15.0 Å². The number of allylic oxidation sites excluding steroid dienone is 1. The molecule has 1 aliphatic heterocycles. The average Bonchev–Trinajstić information content (AvgIpc) is 3.91. The zero-order valence-electron chi connectivity index (χ0n) is 34.9. The van der Waals surface area contributed by atoms with Crippen LogP contribution in [0.5, 0.6) is 5.75 Å². The van der Waals surface area contributed by atoms with Crippen molar-refractivity contribution < 1.29 is 4.74 Å². The number of hydrogen-bond donors (Lipinski definition) is 0. The van der Waals surface area contributed by atoms with Gasteiger partial charge in [-0.1, -0.05) is 176 Å². The second kappa shape index (κ2) is 14.7.